The largest absolute Gasteiger partial charge is 0.504 e. The van der Waals surface area contributed by atoms with Crippen molar-refractivity contribution in [3.63, 3.8) is 0 Å². The molecule has 0 aromatic heterocycles. The number of benzene rings is 3. The van der Waals surface area contributed by atoms with Crippen molar-refractivity contribution in [1.82, 2.24) is 0 Å². The van der Waals surface area contributed by atoms with Gasteiger partial charge in [-0.1, -0.05) is 32.9 Å². The van der Waals surface area contributed by atoms with Crippen LogP contribution in [0.5, 0.6) is 23.0 Å². The Morgan fingerprint density at radius 1 is 0.946 bits per heavy atom. The average molecular weight is 589 g/mol. The monoisotopic (exact) mass is 587 g/mol. The third-order valence-corrected chi connectivity index (χ3v) is 12.2. The fraction of sp³-hybridized carbons (Fsp3) is 0.414. The van der Waals surface area contributed by atoms with Crippen LogP contribution in [0.3, 0.4) is 0 Å². The fourth-order valence-electron chi connectivity index (χ4n) is 3.84. The van der Waals surface area contributed by atoms with Crippen LogP contribution in [-0.2, 0) is 4.43 Å². The number of hydrogen-bond donors (Lipinski definition) is 1. The molecule has 0 spiro atoms. The van der Waals surface area contributed by atoms with Crippen molar-refractivity contribution in [3.05, 3.63) is 52.5 Å². The molecular formula is C29H38BrNO5Si. The smallest absolute Gasteiger partial charge is 0.191 e. The standard InChI is InChI=1S/C29H38BrNO5Si/c1-29(2,3)37(7,8)36-16-10-13-23(27-21(30)14-15-24(33-4)28(27)32)31-22-12-9-11-19-17-25(34-5)26(35-6)18-20(19)22/h9,11-12,14-15,17-18,32H,10,13,16H2,1-8H3. The number of methoxy groups -OCH3 is 3. The highest BCUT2D eigenvalue weighted by atomic mass is 79.9. The Kier molecular flexibility index (Phi) is 9.31. The topological polar surface area (TPSA) is 69.5 Å². The zero-order valence-electron chi connectivity index (χ0n) is 23.1. The van der Waals surface area contributed by atoms with Crippen molar-refractivity contribution in [2.24, 2.45) is 4.99 Å². The van der Waals surface area contributed by atoms with E-state index in [0.717, 1.165) is 33.1 Å². The SMILES string of the molecule is COc1cc2cccc(N=C(CCCO[Si](C)(C)C(C)(C)C)c3c(Br)ccc(OC)c3O)c2cc1OC. The summed E-state index contributed by atoms with van der Waals surface area (Å²) in [5.41, 5.74) is 2.13. The molecule has 0 bridgehead atoms. The minimum Gasteiger partial charge on any atom is -0.504 e. The van der Waals surface area contributed by atoms with E-state index in [4.69, 9.17) is 23.6 Å². The van der Waals surface area contributed by atoms with Crippen LogP contribution in [0.2, 0.25) is 18.1 Å². The highest BCUT2D eigenvalue weighted by Gasteiger charge is 2.36. The lowest BCUT2D eigenvalue weighted by atomic mass is 10.0. The Bertz CT molecular complexity index is 1280. The van der Waals surface area contributed by atoms with Gasteiger partial charge in [0.15, 0.2) is 31.3 Å². The number of halogens is 1. The molecule has 0 amide bonds. The summed E-state index contributed by atoms with van der Waals surface area (Å²) >= 11 is 3.63. The molecule has 3 aromatic carbocycles. The predicted molar refractivity (Wildman–Crippen MR) is 158 cm³/mol. The van der Waals surface area contributed by atoms with Crippen molar-refractivity contribution in [1.29, 1.82) is 0 Å². The van der Waals surface area contributed by atoms with Gasteiger partial charge in [0, 0.05) is 16.5 Å². The molecule has 3 rings (SSSR count). The Labute approximate surface area is 229 Å². The first-order chi connectivity index (χ1) is 17.4. The number of phenols is 1. The maximum atomic E-state index is 11.1. The van der Waals surface area contributed by atoms with Crippen LogP contribution in [0, 0.1) is 0 Å². The number of rotatable bonds is 10. The number of phenolic OH excluding ortho intramolecular Hbond substituents is 1. The van der Waals surface area contributed by atoms with E-state index in [2.05, 4.69) is 49.8 Å². The molecule has 3 aromatic rings. The molecule has 0 heterocycles. The van der Waals surface area contributed by atoms with Crippen LogP contribution < -0.4 is 14.2 Å². The maximum absolute atomic E-state index is 11.1. The van der Waals surface area contributed by atoms with Crippen LogP contribution in [0.4, 0.5) is 5.69 Å². The second kappa shape index (κ2) is 11.9. The van der Waals surface area contributed by atoms with Gasteiger partial charge in [0.2, 0.25) is 0 Å². The Morgan fingerprint density at radius 2 is 1.59 bits per heavy atom. The second-order valence-electron chi connectivity index (χ2n) is 10.4. The first-order valence-corrected chi connectivity index (χ1v) is 16.1. The van der Waals surface area contributed by atoms with Gasteiger partial charge in [-0.3, -0.25) is 4.99 Å². The molecule has 0 aliphatic carbocycles. The van der Waals surface area contributed by atoms with E-state index in [9.17, 15) is 5.11 Å². The zero-order valence-corrected chi connectivity index (χ0v) is 25.7. The lowest BCUT2D eigenvalue weighted by molar-refractivity contribution is 0.285. The number of ether oxygens (including phenoxy) is 3. The lowest BCUT2D eigenvalue weighted by Gasteiger charge is -2.36. The maximum Gasteiger partial charge on any atom is 0.191 e. The quantitative estimate of drug-likeness (QED) is 0.147. The Balaban J connectivity index is 2.08. The summed E-state index contributed by atoms with van der Waals surface area (Å²) in [7, 11) is 2.92. The molecule has 0 atom stereocenters. The first-order valence-electron chi connectivity index (χ1n) is 12.4. The summed E-state index contributed by atoms with van der Waals surface area (Å²) < 4.78 is 23.6. The van der Waals surface area contributed by atoms with Crippen molar-refractivity contribution in [2.75, 3.05) is 27.9 Å². The van der Waals surface area contributed by atoms with Crippen molar-refractivity contribution in [3.8, 4) is 23.0 Å². The molecule has 1 N–H and O–H groups in total. The van der Waals surface area contributed by atoms with Crippen LogP contribution in [0.1, 0.15) is 39.2 Å². The number of nitrogens with zero attached hydrogens (tertiary/aromatic N) is 1. The van der Waals surface area contributed by atoms with E-state index >= 15 is 0 Å². The highest BCUT2D eigenvalue weighted by molar-refractivity contribution is 9.10. The number of hydrogen-bond acceptors (Lipinski definition) is 6. The minimum absolute atomic E-state index is 0.0560. The van der Waals surface area contributed by atoms with Gasteiger partial charge in [-0.05, 0) is 82.6 Å². The molecule has 0 unspecified atom stereocenters. The van der Waals surface area contributed by atoms with Crippen LogP contribution in [0.25, 0.3) is 10.8 Å². The molecule has 200 valence electrons. The van der Waals surface area contributed by atoms with E-state index in [1.165, 1.54) is 0 Å². The number of fused-ring (bicyclic) bond motifs is 1. The fourth-order valence-corrected chi connectivity index (χ4v) is 5.47. The Morgan fingerprint density at radius 3 is 2.22 bits per heavy atom. The second-order valence-corrected chi connectivity index (χ2v) is 16.1. The molecule has 8 heteroatoms. The third kappa shape index (κ3) is 6.48. The molecule has 0 aliphatic rings. The van der Waals surface area contributed by atoms with E-state index in [0.29, 0.717) is 35.8 Å². The molecule has 0 aliphatic heterocycles. The summed E-state index contributed by atoms with van der Waals surface area (Å²) in [6.07, 6.45) is 1.37. The van der Waals surface area contributed by atoms with Gasteiger partial charge < -0.3 is 23.7 Å². The molecule has 0 saturated heterocycles. The zero-order chi connectivity index (χ0) is 27.4. The van der Waals surface area contributed by atoms with Gasteiger partial charge in [-0.2, -0.15) is 0 Å². The van der Waals surface area contributed by atoms with E-state index in [1.54, 1.807) is 27.4 Å². The van der Waals surface area contributed by atoms with Crippen LogP contribution in [0.15, 0.2) is 51.9 Å². The van der Waals surface area contributed by atoms with E-state index < -0.39 is 8.32 Å². The Hall–Kier alpha value is -2.55. The first kappa shape index (κ1) is 29.0. The molecule has 6 nitrogen and oxygen atoms in total. The van der Waals surface area contributed by atoms with Crippen molar-refractivity contribution < 1.29 is 23.7 Å². The summed E-state index contributed by atoms with van der Waals surface area (Å²) in [5.74, 6) is 1.74. The molecule has 37 heavy (non-hydrogen) atoms. The normalized spacial score (nSPS) is 12.6. The molecular weight excluding hydrogens is 550 g/mol. The van der Waals surface area contributed by atoms with Gasteiger partial charge in [0.25, 0.3) is 0 Å². The summed E-state index contributed by atoms with van der Waals surface area (Å²) in [6, 6.07) is 13.4. The van der Waals surface area contributed by atoms with Crippen molar-refractivity contribution in [2.45, 2.75) is 51.7 Å². The predicted octanol–water partition coefficient (Wildman–Crippen LogP) is 8.26. The van der Waals surface area contributed by atoms with Crippen LogP contribution in [-0.4, -0.2) is 47.1 Å². The summed E-state index contributed by atoms with van der Waals surface area (Å²) in [4.78, 5) is 5.10. The van der Waals surface area contributed by atoms with E-state index in [1.807, 2.05) is 36.4 Å². The van der Waals surface area contributed by atoms with Gasteiger partial charge in [0.05, 0.1) is 38.3 Å². The van der Waals surface area contributed by atoms with E-state index in [-0.39, 0.29) is 10.8 Å². The molecule has 0 saturated carbocycles. The summed E-state index contributed by atoms with van der Waals surface area (Å²) in [6.45, 7) is 11.8. The van der Waals surface area contributed by atoms with Gasteiger partial charge >= 0.3 is 0 Å². The van der Waals surface area contributed by atoms with Crippen LogP contribution >= 0.6 is 15.9 Å². The minimum atomic E-state index is -1.87. The number of aromatic hydroxyl groups is 1. The third-order valence-electron chi connectivity index (χ3n) is 7.04. The van der Waals surface area contributed by atoms with Gasteiger partial charge in [-0.15, -0.1) is 0 Å². The molecule has 0 radical (unpaired) electrons. The van der Waals surface area contributed by atoms with Gasteiger partial charge in [-0.25, -0.2) is 0 Å². The van der Waals surface area contributed by atoms with Crippen molar-refractivity contribution >= 4 is 46.4 Å². The van der Waals surface area contributed by atoms with Gasteiger partial charge in [0.1, 0.15) is 0 Å². The molecule has 0 fully saturated rings. The highest BCUT2D eigenvalue weighted by Crippen LogP contribution is 2.40. The number of aliphatic imine (C=N–C) groups is 1. The lowest BCUT2D eigenvalue weighted by Crippen LogP contribution is -2.41. The average Bonchev–Trinajstić information content (AvgIpc) is 2.85. The summed E-state index contributed by atoms with van der Waals surface area (Å²) in [5, 5.41) is 13.1.